The maximum absolute atomic E-state index is 5.69. The Bertz CT molecular complexity index is 540. The number of halogens is 1. The molecule has 0 aliphatic rings. The number of rotatable bonds is 7. The second-order valence-corrected chi connectivity index (χ2v) is 6.05. The molecule has 0 fully saturated rings. The van der Waals surface area contributed by atoms with Crippen LogP contribution in [0.3, 0.4) is 0 Å². The van der Waals surface area contributed by atoms with Gasteiger partial charge in [-0.15, -0.1) is 0 Å². The average Bonchev–Trinajstić information content (AvgIpc) is 2.48. The first-order valence-electron chi connectivity index (χ1n) is 7.05. The summed E-state index contributed by atoms with van der Waals surface area (Å²) in [5.74, 6) is 0.875. The van der Waals surface area contributed by atoms with Gasteiger partial charge < -0.3 is 15.4 Å². The average molecular weight is 349 g/mol. The van der Waals surface area contributed by atoms with Crippen LogP contribution < -0.4 is 10.5 Å². The fraction of sp³-hybridized carbons (Fsp3) is 0.294. The van der Waals surface area contributed by atoms with Crippen molar-refractivity contribution in [3.05, 3.63) is 58.6 Å². The van der Waals surface area contributed by atoms with Crippen molar-refractivity contribution in [3.63, 3.8) is 0 Å². The van der Waals surface area contributed by atoms with Gasteiger partial charge in [0.05, 0.1) is 6.61 Å². The Kier molecular flexibility index (Phi) is 6.08. The second kappa shape index (κ2) is 8.05. The van der Waals surface area contributed by atoms with E-state index in [0.29, 0.717) is 6.61 Å². The van der Waals surface area contributed by atoms with Crippen LogP contribution in [0.1, 0.15) is 12.0 Å². The molecule has 3 nitrogen and oxygen atoms in total. The Morgan fingerprint density at radius 1 is 1.05 bits per heavy atom. The van der Waals surface area contributed by atoms with Crippen LogP contribution in [0.25, 0.3) is 0 Å². The van der Waals surface area contributed by atoms with Crippen LogP contribution in [0.5, 0.6) is 5.75 Å². The third-order valence-electron chi connectivity index (χ3n) is 3.20. The Morgan fingerprint density at radius 3 is 2.38 bits per heavy atom. The smallest absolute Gasteiger partial charge is 0.119 e. The number of ether oxygens (including phenoxy) is 1. The van der Waals surface area contributed by atoms with E-state index in [9.17, 15) is 0 Å². The molecular weight excluding hydrogens is 328 g/mol. The molecule has 0 bridgehead atoms. The molecule has 2 rings (SSSR count). The summed E-state index contributed by atoms with van der Waals surface area (Å²) in [7, 11) is 2.13. The van der Waals surface area contributed by atoms with Gasteiger partial charge in [-0.25, -0.2) is 0 Å². The lowest BCUT2D eigenvalue weighted by Gasteiger charge is -2.17. The number of hydrogen-bond donors (Lipinski definition) is 1. The standard InChI is InChI=1S/C17H21BrN2O/c1-20(13-14-3-5-15(18)6-4-14)11-2-12-21-17-9-7-16(19)8-10-17/h3-10H,2,11-13,19H2,1H3. The minimum absolute atomic E-state index is 0.717. The highest BCUT2D eigenvalue weighted by Gasteiger charge is 2.01. The summed E-state index contributed by atoms with van der Waals surface area (Å²) in [5, 5.41) is 0. The van der Waals surface area contributed by atoms with Crippen LogP contribution in [0.4, 0.5) is 5.69 Å². The molecule has 0 saturated carbocycles. The van der Waals surface area contributed by atoms with Crippen LogP contribution in [0.2, 0.25) is 0 Å². The van der Waals surface area contributed by atoms with Crippen LogP contribution in [-0.2, 0) is 6.54 Å². The number of nitrogens with two attached hydrogens (primary N) is 1. The molecule has 0 heterocycles. The van der Waals surface area contributed by atoms with Gasteiger partial charge in [-0.3, -0.25) is 0 Å². The summed E-state index contributed by atoms with van der Waals surface area (Å²) < 4.78 is 6.81. The Morgan fingerprint density at radius 2 is 1.71 bits per heavy atom. The minimum atomic E-state index is 0.717. The first-order valence-corrected chi connectivity index (χ1v) is 7.84. The minimum Gasteiger partial charge on any atom is -0.494 e. The van der Waals surface area contributed by atoms with E-state index in [1.54, 1.807) is 0 Å². The van der Waals surface area contributed by atoms with E-state index < -0.39 is 0 Å². The maximum atomic E-state index is 5.69. The quantitative estimate of drug-likeness (QED) is 0.608. The van der Waals surface area contributed by atoms with Crippen molar-refractivity contribution in [3.8, 4) is 5.75 Å². The molecule has 2 aromatic carbocycles. The molecule has 0 aromatic heterocycles. The van der Waals surface area contributed by atoms with Crippen molar-refractivity contribution in [2.24, 2.45) is 0 Å². The highest BCUT2D eigenvalue weighted by molar-refractivity contribution is 9.10. The summed E-state index contributed by atoms with van der Waals surface area (Å²) in [6, 6.07) is 16.0. The Labute approximate surface area is 134 Å². The molecule has 0 radical (unpaired) electrons. The van der Waals surface area contributed by atoms with E-state index in [2.05, 4.69) is 52.1 Å². The van der Waals surface area contributed by atoms with Gasteiger partial charge in [0.25, 0.3) is 0 Å². The highest BCUT2D eigenvalue weighted by Crippen LogP contribution is 2.14. The molecule has 4 heteroatoms. The zero-order chi connectivity index (χ0) is 15.1. The molecule has 0 aliphatic heterocycles. The van der Waals surface area contributed by atoms with Crippen LogP contribution in [0, 0.1) is 0 Å². The van der Waals surface area contributed by atoms with Crippen molar-refractivity contribution >= 4 is 21.6 Å². The van der Waals surface area contributed by atoms with Gasteiger partial charge in [-0.1, -0.05) is 28.1 Å². The molecule has 0 unspecified atom stereocenters. The molecule has 0 atom stereocenters. The van der Waals surface area contributed by atoms with E-state index >= 15 is 0 Å². The summed E-state index contributed by atoms with van der Waals surface area (Å²) in [6.45, 7) is 2.68. The lowest BCUT2D eigenvalue weighted by Crippen LogP contribution is -2.20. The molecule has 2 N–H and O–H groups in total. The number of benzene rings is 2. The van der Waals surface area contributed by atoms with E-state index in [1.165, 1.54) is 5.56 Å². The summed E-state index contributed by atoms with van der Waals surface area (Å²) in [5.41, 5.74) is 7.72. The van der Waals surface area contributed by atoms with Gasteiger partial charge in [0.15, 0.2) is 0 Å². The fourth-order valence-electron chi connectivity index (χ4n) is 2.07. The molecule has 0 spiro atoms. The molecule has 0 aliphatic carbocycles. The lowest BCUT2D eigenvalue weighted by molar-refractivity contribution is 0.259. The molecule has 2 aromatic rings. The predicted molar refractivity (Wildman–Crippen MR) is 91.4 cm³/mol. The van der Waals surface area contributed by atoms with Crippen molar-refractivity contribution in [2.45, 2.75) is 13.0 Å². The largest absolute Gasteiger partial charge is 0.494 e. The summed E-state index contributed by atoms with van der Waals surface area (Å²) in [6.07, 6.45) is 0.997. The van der Waals surface area contributed by atoms with E-state index in [4.69, 9.17) is 10.5 Å². The van der Waals surface area contributed by atoms with Crippen molar-refractivity contribution in [1.82, 2.24) is 4.90 Å². The van der Waals surface area contributed by atoms with Gasteiger partial charge in [-0.05, 0) is 55.4 Å². The number of hydrogen-bond acceptors (Lipinski definition) is 3. The van der Waals surface area contributed by atoms with Crippen LogP contribution in [0.15, 0.2) is 53.0 Å². The molecule has 21 heavy (non-hydrogen) atoms. The summed E-state index contributed by atoms with van der Waals surface area (Å²) >= 11 is 3.45. The predicted octanol–water partition coefficient (Wildman–Crippen LogP) is 3.93. The van der Waals surface area contributed by atoms with Crippen LogP contribution in [-0.4, -0.2) is 25.1 Å². The van der Waals surface area contributed by atoms with Crippen LogP contribution >= 0.6 is 15.9 Å². The highest BCUT2D eigenvalue weighted by atomic mass is 79.9. The first-order chi connectivity index (χ1) is 10.1. The van der Waals surface area contributed by atoms with Gasteiger partial charge in [-0.2, -0.15) is 0 Å². The first kappa shape index (κ1) is 15.9. The van der Waals surface area contributed by atoms with E-state index in [-0.39, 0.29) is 0 Å². The molecular formula is C17H21BrN2O. The normalized spacial score (nSPS) is 10.8. The number of anilines is 1. The number of nitrogens with zero attached hydrogens (tertiary/aromatic N) is 1. The van der Waals surface area contributed by atoms with Gasteiger partial charge >= 0.3 is 0 Å². The van der Waals surface area contributed by atoms with E-state index in [1.807, 2.05) is 24.3 Å². The monoisotopic (exact) mass is 348 g/mol. The molecule has 0 saturated heterocycles. The van der Waals surface area contributed by atoms with Crippen molar-refractivity contribution in [2.75, 3.05) is 25.9 Å². The maximum Gasteiger partial charge on any atom is 0.119 e. The van der Waals surface area contributed by atoms with Crippen molar-refractivity contribution in [1.29, 1.82) is 0 Å². The van der Waals surface area contributed by atoms with Gasteiger partial charge in [0.2, 0.25) is 0 Å². The zero-order valence-corrected chi connectivity index (χ0v) is 13.8. The van der Waals surface area contributed by atoms with Gasteiger partial charge in [0, 0.05) is 23.2 Å². The number of nitrogen functional groups attached to an aromatic ring is 1. The van der Waals surface area contributed by atoms with E-state index in [0.717, 1.165) is 35.4 Å². The third-order valence-corrected chi connectivity index (χ3v) is 3.73. The summed E-state index contributed by atoms with van der Waals surface area (Å²) in [4.78, 5) is 2.30. The Hall–Kier alpha value is -1.52. The molecule has 0 amide bonds. The second-order valence-electron chi connectivity index (χ2n) is 5.14. The zero-order valence-electron chi connectivity index (χ0n) is 12.3. The SMILES string of the molecule is CN(CCCOc1ccc(N)cc1)Cc1ccc(Br)cc1. The van der Waals surface area contributed by atoms with Crippen molar-refractivity contribution < 1.29 is 4.74 Å². The fourth-order valence-corrected chi connectivity index (χ4v) is 2.33. The Balaban J connectivity index is 1.66. The molecule has 112 valence electrons. The van der Waals surface area contributed by atoms with Gasteiger partial charge in [0.1, 0.15) is 5.75 Å². The topological polar surface area (TPSA) is 38.5 Å². The lowest BCUT2D eigenvalue weighted by atomic mass is 10.2. The third kappa shape index (κ3) is 5.78.